The van der Waals surface area contributed by atoms with E-state index in [1.165, 1.54) is 32.1 Å². The molecule has 3 atom stereocenters. The smallest absolute Gasteiger partial charge is 0.327 e. The average Bonchev–Trinajstić information content (AvgIpc) is 2.68. The number of carbonyl (C=O) groups is 2. The van der Waals surface area contributed by atoms with Gasteiger partial charge in [-0.05, 0) is 37.3 Å². The van der Waals surface area contributed by atoms with E-state index in [9.17, 15) is 24.9 Å². The van der Waals surface area contributed by atoms with Crippen molar-refractivity contribution >= 4 is 11.9 Å². The standard InChI is InChI=1S/C21H35N3O5/c1-2-3-4-5-6-7-8-15-9-10-16(24-14-15)11-12-17(25)19(27)21(23,20(28)29)13-18(22)26/h9-10,14,17,19,25,27H,2-8,11-13,23H2,1H3,(H2,22,26)(H,28,29). The Morgan fingerprint density at radius 3 is 2.31 bits per heavy atom. The summed E-state index contributed by atoms with van der Waals surface area (Å²) in [5.41, 5.74) is 10.2. The molecule has 1 amide bonds. The van der Waals surface area contributed by atoms with Crippen LogP contribution in [0.5, 0.6) is 0 Å². The molecule has 1 aromatic rings. The molecule has 0 saturated heterocycles. The fourth-order valence-corrected chi connectivity index (χ4v) is 3.25. The lowest BCUT2D eigenvalue weighted by Crippen LogP contribution is -2.62. The molecule has 0 fully saturated rings. The fourth-order valence-electron chi connectivity index (χ4n) is 3.25. The number of unbranched alkanes of at least 4 members (excludes halogenated alkanes) is 5. The van der Waals surface area contributed by atoms with Crippen molar-refractivity contribution in [3.05, 3.63) is 29.6 Å². The predicted octanol–water partition coefficient (Wildman–Crippen LogP) is 1.30. The van der Waals surface area contributed by atoms with Gasteiger partial charge in [-0.15, -0.1) is 0 Å². The Morgan fingerprint density at radius 1 is 1.10 bits per heavy atom. The van der Waals surface area contributed by atoms with Crippen molar-refractivity contribution in [3.8, 4) is 0 Å². The molecule has 8 nitrogen and oxygen atoms in total. The lowest BCUT2D eigenvalue weighted by Gasteiger charge is -2.32. The maximum Gasteiger partial charge on any atom is 0.327 e. The molecule has 0 aliphatic rings. The van der Waals surface area contributed by atoms with Crippen molar-refractivity contribution in [1.29, 1.82) is 0 Å². The summed E-state index contributed by atoms with van der Waals surface area (Å²) in [5.74, 6) is -2.57. The number of carbonyl (C=O) groups excluding carboxylic acids is 1. The quantitative estimate of drug-likeness (QED) is 0.273. The second-order valence-electron chi connectivity index (χ2n) is 7.72. The summed E-state index contributed by atoms with van der Waals surface area (Å²) in [5, 5.41) is 29.6. The third-order valence-corrected chi connectivity index (χ3v) is 5.16. The number of nitrogens with zero attached hydrogens (tertiary/aromatic N) is 1. The van der Waals surface area contributed by atoms with Gasteiger partial charge in [-0.25, -0.2) is 0 Å². The highest BCUT2D eigenvalue weighted by atomic mass is 16.4. The first-order valence-corrected chi connectivity index (χ1v) is 10.3. The van der Waals surface area contributed by atoms with Crippen molar-refractivity contribution < 1.29 is 24.9 Å². The Morgan fingerprint density at radius 2 is 1.76 bits per heavy atom. The van der Waals surface area contributed by atoms with Crippen LogP contribution in [0.2, 0.25) is 0 Å². The number of aryl methyl sites for hydroxylation is 2. The molecule has 0 aliphatic heterocycles. The summed E-state index contributed by atoms with van der Waals surface area (Å²) in [7, 11) is 0. The van der Waals surface area contributed by atoms with Crippen molar-refractivity contribution in [2.45, 2.75) is 88.9 Å². The number of amides is 1. The summed E-state index contributed by atoms with van der Waals surface area (Å²) >= 11 is 0. The van der Waals surface area contributed by atoms with Crippen molar-refractivity contribution in [1.82, 2.24) is 4.98 Å². The number of hydrogen-bond acceptors (Lipinski definition) is 6. The minimum absolute atomic E-state index is 0.0515. The average molecular weight is 410 g/mol. The summed E-state index contributed by atoms with van der Waals surface area (Å²) in [6.45, 7) is 2.20. The third-order valence-electron chi connectivity index (χ3n) is 5.16. The van der Waals surface area contributed by atoms with Gasteiger partial charge >= 0.3 is 5.97 Å². The van der Waals surface area contributed by atoms with Gasteiger partial charge in [0, 0.05) is 11.9 Å². The molecule has 164 valence electrons. The molecule has 8 heteroatoms. The van der Waals surface area contributed by atoms with E-state index in [2.05, 4.69) is 11.9 Å². The molecule has 3 unspecified atom stereocenters. The fraction of sp³-hybridized carbons (Fsp3) is 0.667. The van der Waals surface area contributed by atoms with E-state index in [-0.39, 0.29) is 6.42 Å². The SMILES string of the molecule is CCCCCCCCc1ccc(CCC(O)C(O)C(N)(CC(N)=O)C(=O)O)nc1. The second-order valence-corrected chi connectivity index (χ2v) is 7.72. The maximum atomic E-state index is 11.4. The van der Waals surface area contributed by atoms with Gasteiger partial charge in [-0.3, -0.25) is 14.6 Å². The number of carboxylic acids is 1. The molecular formula is C21H35N3O5. The molecule has 1 rings (SSSR count). The van der Waals surface area contributed by atoms with Gasteiger partial charge in [0.15, 0.2) is 5.54 Å². The van der Waals surface area contributed by atoms with Crippen LogP contribution in [0.1, 0.15) is 69.5 Å². The highest BCUT2D eigenvalue weighted by Crippen LogP contribution is 2.19. The molecule has 0 spiro atoms. The van der Waals surface area contributed by atoms with Crippen molar-refractivity contribution in [3.63, 3.8) is 0 Å². The number of carboxylic acid groups (broad SMARTS) is 1. The van der Waals surface area contributed by atoms with E-state index in [1.54, 1.807) is 0 Å². The van der Waals surface area contributed by atoms with E-state index in [4.69, 9.17) is 11.5 Å². The highest BCUT2D eigenvalue weighted by Gasteiger charge is 2.46. The van der Waals surface area contributed by atoms with Gasteiger partial charge in [0.1, 0.15) is 6.10 Å². The van der Waals surface area contributed by atoms with Crippen LogP contribution in [0.4, 0.5) is 0 Å². The highest BCUT2D eigenvalue weighted by molar-refractivity contribution is 5.87. The van der Waals surface area contributed by atoms with Crippen LogP contribution < -0.4 is 11.5 Å². The monoisotopic (exact) mass is 409 g/mol. The van der Waals surface area contributed by atoms with Gasteiger partial charge in [0.05, 0.1) is 12.5 Å². The number of aliphatic carboxylic acids is 1. The molecule has 1 aromatic heterocycles. The number of rotatable bonds is 15. The zero-order valence-electron chi connectivity index (χ0n) is 17.2. The van der Waals surface area contributed by atoms with Gasteiger partial charge in [0.2, 0.25) is 5.91 Å². The predicted molar refractivity (Wildman–Crippen MR) is 110 cm³/mol. The van der Waals surface area contributed by atoms with Crippen LogP contribution in [-0.2, 0) is 22.4 Å². The van der Waals surface area contributed by atoms with Crippen LogP contribution in [0.25, 0.3) is 0 Å². The topological polar surface area (TPSA) is 160 Å². The van der Waals surface area contributed by atoms with E-state index < -0.39 is 36.0 Å². The molecule has 0 radical (unpaired) electrons. The molecule has 29 heavy (non-hydrogen) atoms. The molecule has 0 bridgehead atoms. The third kappa shape index (κ3) is 8.47. The molecule has 7 N–H and O–H groups in total. The first kappa shape index (κ1) is 25.0. The number of aliphatic hydroxyl groups excluding tert-OH is 2. The maximum absolute atomic E-state index is 11.4. The Bertz CT molecular complexity index is 638. The van der Waals surface area contributed by atoms with E-state index in [0.717, 1.165) is 24.1 Å². The number of aliphatic hydroxyl groups is 2. The van der Waals surface area contributed by atoms with Gasteiger partial charge in [0.25, 0.3) is 0 Å². The molecule has 0 saturated carbocycles. The Hall–Kier alpha value is -2.03. The lowest BCUT2D eigenvalue weighted by atomic mass is 9.84. The first-order chi connectivity index (χ1) is 13.7. The number of nitrogens with two attached hydrogens (primary N) is 2. The summed E-state index contributed by atoms with van der Waals surface area (Å²) < 4.78 is 0. The molecular weight excluding hydrogens is 374 g/mol. The summed E-state index contributed by atoms with van der Waals surface area (Å²) in [6.07, 6.45) is 6.54. The Labute approximate surface area is 172 Å². The molecule has 0 aromatic carbocycles. The van der Waals surface area contributed by atoms with Crippen molar-refractivity contribution in [2.75, 3.05) is 0 Å². The van der Waals surface area contributed by atoms with Crippen LogP contribution in [0, 0.1) is 0 Å². The Balaban J connectivity index is 2.49. The van der Waals surface area contributed by atoms with Crippen LogP contribution in [0.15, 0.2) is 18.3 Å². The second kappa shape index (κ2) is 12.5. The normalized spacial score (nSPS) is 15.4. The Kier molecular flexibility index (Phi) is 10.8. The van der Waals surface area contributed by atoms with Gasteiger partial charge in [-0.2, -0.15) is 0 Å². The summed E-state index contributed by atoms with van der Waals surface area (Å²) in [4.78, 5) is 26.8. The first-order valence-electron chi connectivity index (χ1n) is 10.3. The molecule has 1 heterocycles. The van der Waals surface area contributed by atoms with Crippen LogP contribution in [-0.4, -0.2) is 49.9 Å². The van der Waals surface area contributed by atoms with E-state index in [0.29, 0.717) is 6.42 Å². The van der Waals surface area contributed by atoms with Crippen molar-refractivity contribution in [2.24, 2.45) is 11.5 Å². The summed E-state index contributed by atoms with van der Waals surface area (Å²) in [6, 6.07) is 3.86. The lowest BCUT2D eigenvalue weighted by molar-refractivity contribution is -0.154. The largest absolute Gasteiger partial charge is 0.480 e. The minimum Gasteiger partial charge on any atom is -0.480 e. The number of aromatic nitrogens is 1. The zero-order valence-corrected chi connectivity index (χ0v) is 17.2. The number of pyridine rings is 1. The van der Waals surface area contributed by atoms with Crippen LogP contribution >= 0.6 is 0 Å². The van der Waals surface area contributed by atoms with Crippen LogP contribution in [0.3, 0.4) is 0 Å². The van der Waals surface area contributed by atoms with Gasteiger partial charge in [-0.1, -0.05) is 45.1 Å². The van der Waals surface area contributed by atoms with E-state index in [1.807, 2.05) is 18.3 Å². The van der Waals surface area contributed by atoms with Gasteiger partial charge < -0.3 is 26.8 Å². The van der Waals surface area contributed by atoms with E-state index >= 15 is 0 Å². The number of hydrogen-bond donors (Lipinski definition) is 5. The molecule has 0 aliphatic carbocycles. The minimum atomic E-state index is -2.33. The number of primary amides is 1. The zero-order chi connectivity index (χ0) is 21.9.